The number of carbonyl (C=O) groups is 1. The van der Waals surface area contributed by atoms with E-state index in [-0.39, 0.29) is 11.9 Å². The first-order valence-corrected chi connectivity index (χ1v) is 9.38. The van der Waals surface area contributed by atoms with Crippen LogP contribution in [0.4, 0.5) is 0 Å². The van der Waals surface area contributed by atoms with Crippen molar-refractivity contribution >= 4 is 16.9 Å². The third-order valence-corrected chi connectivity index (χ3v) is 4.72. The largest absolute Gasteiger partial charge is 0.383 e. The zero-order chi connectivity index (χ0) is 20.2. The smallest absolute Gasteiger partial charge is 0.269 e. The summed E-state index contributed by atoms with van der Waals surface area (Å²) >= 11 is 0. The molecule has 8 nitrogen and oxygen atoms in total. The molecule has 1 aromatic carbocycles. The van der Waals surface area contributed by atoms with Crippen molar-refractivity contribution in [3.05, 3.63) is 66.4 Å². The summed E-state index contributed by atoms with van der Waals surface area (Å²) in [5.74, 6) is 0.536. The first-order valence-electron chi connectivity index (χ1n) is 9.38. The van der Waals surface area contributed by atoms with Gasteiger partial charge in [0.15, 0.2) is 0 Å². The number of para-hydroxylation sites is 2. The number of nitrogens with zero attached hydrogens (tertiary/aromatic N) is 4. The molecule has 0 bridgehead atoms. The Morgan fingerprint density at radius 3 is 2.93 bits per heavy atom. The lowest BCUT2D eigenvalue weighted by molar-refractivity contribution is 0.0932. The number of hydrogen-bond donors (Lipinski definition) is 2. The van der Waals surface area contributed by atoms with Gasteiger partial charge in [0, 0.05) is 31.6 Å². The molecule has 0 saturated heterocycles. The van der Waals surface area contributed by atoms with Gasteiger partial charge in [0.1, 0.15) is 11.5 Å². The first-order chi connectivity index (χ1) is 14.2. The fourth-order valence-corrected chi connectivity index (χ4v) is 3.28. The van der Waals surface area contributed by atoms with Crippen LogP contribution < -0.4 is 5.32 Å². The average Bonchev–Trinajstić information content (AvgIpc) is 3.38. The normalized spacial score (nSPS) is 12.2. The van der Waals surface area contributed by atoms with E-state index < -0.39 is 0 Å². The van der Waals surface area contributed by atoms with Crippen molar-refractivity contribution in [2.24, 2.45) is 0 Å². The number of benzene rings is 1. The summed E-state index contributed by atoms with van der Waals surface area (Å²) in [5.41, 5.74) is 3.80. The quantitative estimate of drug-likeness (QED) is 0.506. The van der Waals surface area contributed by atoms with Crippen LogP contribution in [-0.4, -0.2) is 44.4 Å². The van der Waals surface area contributed by atoms with Gasteiger partial charge in [-0.05, 0) is 37.3 Å². The number of methoxy groups -OCH3 is 1. The lowest BCUT2D eigenvalue weighted by atomic mass is 10.2. The van der Waals surface area contributed by atoms with Crippen molar-refractivity contribution in [3.63, 3.8) is 0 Å². The maximum absolute atomic E-state index is 12.8. The highest BCUT2D eigenvalue weighted by atomic mass is 16.5. The molecule has 8 heteroatoms. The van der Waals surface area contributed by atoms with Crippen molar-refractivity contribution in [1.29, 1.82) is 0 Å². The molecular formula is C21H22N6O2. The maximum Gasteiger partial charge on any atom is 0.269 e. The van der Waals surface area contributed by atoms with Crippen molar-refractivity contribution in [1.82, 2.24) is 30.0 Å². The summed E-state index contributed by atoms with van der Waals surface area (Å²) in [4.78, 5) is 21.6. The second-order valence-electron chi connectivity index (χ2n) is 6.71. The van der Waals surface area contributed by atoms with Gasteiger partial charge in [-0.15, -0.1) is 0 Å². The fourth-order valence-electron chi connectivity index (χ4n) is 3.28. The maximum atomic E-state index is 12.8. The SMILES string of the molecule is COCCn1c([C@H](C)NC(=O)c2cc(-c3cccnc3)n[nH]2)nc2ccccc21. The van der Waals surface area contributed by atoms with Gasteiger partial charge in [0.25, 0.3) is 5.91 Å². The van der Waals surface area contributed by atoms with E-state index in [1.165, 1.54) is 0 Å². The Labute approximate surface area is 167 Å². The Balaban J connectivity index is 1.56. The number of H-pyrrole nitrogens is 1. The van der Waals surface area contributed by atoms with Gasteiger partial charge < -0.3 is 14.6 Å². The summed E-state index contributed by atoms with van der Waals surface area (Å²) in [7, 11) is 1.67. The Hall–Kier alpha value is -3.52. The van der Waals surface area contributed by atoms with E-state index in [1.54, 1.807) is 25.6 Å². The van der Waals surface area contributed by atoms with E-state index in [2.05, 4.69) is 25.1 Å². The number of rotatable bonds is 7. The zero-order valence-electron chi connectivity index (χ0n) is 16.3. The molecule has 0 aliphatic carbocycles. The third kappa shape index (κ3) is 3.88. The molecule has 2 N–H and O–H groups in total. The highest BCUT2D eigenvalue weighted by Gasteiger charge is 2.20. The van der Waals surface area contributed by atoms with E-state index >= 15 is 0 Å². The predicted molar refractivity (Wildman–Crippen MR) is 109 cm³/mol. The average molecular weight is 390 g/mol. The van der Waals surface area contributed by atoms with Crippen molar-refractivity contribution in [2.75, 3.05) is 13.7 Å². The van der Waals surface area contributed by atoms with Crippen LogP contribution in [-0.2, 0) is 11.3 Å². The highest BCUT2D eigenvalue weighted by molar-refractivity contribution is 5.93. The van der Waals surface area contributed by atoms with Crippen LogP contribution in [0.2, 0.25) is 0 Å². The minimum Gasteiger partial charge on any atom is -0.383 e. The fraction of sp³-hybridized carbons (Fsp3) is 0.238. The number of carbonyl (C=O) groups excluding carboxylic acids is 1. The van der Waals surface area contributed by atoms with Crippen LogP contribution >= 0.6 is 0 Å². The highest BCUT2D eigenvalue weighted by Crippen LogP contribution is 2.21. The second-order valence-corrected chi connectivity index (χ2v) is 6.71. The molecule has 1 atom stereocenters. The Kier molecular flexibility index (Phi) is 5.35. The van der Waals surface area contributed by atoms with Gasteiger partial charge in [0.05, 0.1) is 29.4 Å². The van der Waals surface area contributed by atoms with E-state index in [0.717, 1.165) is 22.4 Å². The van der Waals surface area contributed by atoms with E-state index in [4.69, 9.17) is 9.72 Å². The molecule has 4 aromatic rings. The number of imidazole rings is 1. The van der Waals surface area contributed by atoms with Crippen LogP contribution in [0.25, 0.3) is 22.3 Å². The number of nitrogens with one attached hydrogen (secondary N) is 2. The van der Waals surface area contributed by atoms with Crippen LogP contribution in [0.5, 0.6) is 0 Å². The van der Waals surface area contributed by atoms with Gasteiger partial charge in [0.2, 0.25) is 0 Å². The molecule has 0 aliphatic rings. The van der Waals surface area contributed by atoms with Gasteiger partial charge in [-0.2, -0.15) is 5.10 Å². The molecule has 148 valence electrons. The molecule has 0 fully saturated rings. The molecule has 29 heavy (non-hydrogen) atoms. The minimum atomic E-state index is -0.295. The number of amides is 1. The zero-order valence-corrected chi connectivity index (χ0v) is 16.3. The first kappa shape index (κ1) is 18.8. The van der Waals surface area contributed by atoms with E-state index in [9.17, 15) is 4.79 Å². The Morgan fingerprint density at radius 2 is 2.14 bits per heavy atom. The van der Waals surface area contributed by atoms with E-state index in [1.807, 2.05) is 43.3 Å². The number of hydrogen-bond acceptors (Lipinski definition) is 5. The van der Waals surface area contributed by atoms with Gasteiger partial charge in [-0.1, -0.05) is 12.1 Å². The summed E-state index contributed by atoms with van der Waals surface area (Å²) in [6, 6.07) is 13.1. The number of fused-ring (bicyclic) bond motifs is 1. The second kappa shape index (κ2) is 8.24. The van der Waals surface area contributed by atoms with Crippen LogP contribution in [0.15, 0.2) is 54.9 Å². The number of ether oxygens (including phenoxy) is 1. The number of aromatic nitrogens is 5. The molecular weight excluding hydrogens is 368 g/mol. The molecule has 0 aliphatic heterocycles. The van der Waals surface area contributed by atoms with Gasteiger partial charge in [-0.25, -0.2) is 4.98 Å². The third-order valence-electron chi connectivity index (χ3n) is 4.72. The summed E-state index contributed by atoms with van der Waals surface area (Å²) < 4.78 is 7.32. The molecule has 0 radical (unpaired) electrons. The summed E-state index contributed by atoms with van der Waals surface area (Å²) in [5, 5.41) is 10.0. The van der Waals surface area contributed by atoms with Crippen molar-refractivity contribution in [3.8, 4) is 11.3 Å². The molecule has 0 spiro atoms. The molecule has 3 aromatic heterocycles. The standard InChI is InChI=1S/C21H22N6O2/c1-14(20-24-16-7-3-4-8-19(16)27(20)10-11-29-2)23-21(28)18-12-17(25-26-18)15-6-5-9-22-13-15/h3-9,12-14H,10-11H2,1-2H3,(H,23,28)(H,25,26)/t14-/m0/s1. The minimum absolute atomic E-state index is 0.245. The van der Waals surface area contributed by atoms with Gasteiger partial charge in [-0.3, -0.25) is 14.9 Å². The molecule has 4 rings (SSSR count). The molecule has 1 amide bonds. The topological polar surface area (TPSA) is 97.7 Å². The number of aromatic amines is 1. The Bertz CT molecular complexity index is 1120. The predicted octanol–water partition coefficient (Wildman–Crippen LogP) is 2.96. The van der Waals surface area contributed by atoms with Crippen molar-refractivity contribution < 1.29 is 9.53 Å². The van der Waals surface area contributed by atoms with Gasteiger partial charge >= 0.3 is 0 Å². The van der Waals surface area contributed by atoms with E-state index in [0.29, 0.717) is 24.5 Å². The summed E-state index contributed by atoms with van der Waals surface area (Å²) in [6.45, 7) is 3.13. The lowest BCUT2D eigenvalue weighted by Crippen LogP contribution is -2.29. The molecule has 3 heterocycles. The van der Waals surface area contributed by atoms with Crippen LogP contribution in [0, 0.1) is 0 Å². The lowest BCUT2D eigenvalue weighted by Gasteiger charge is -2.15. The Morgan fingerprint density at radius 1 is 1.28 bits per heavy atom. The molecule has 0 saturated carbocycles. The van der Waals surface area contributed by atoms with Crippen LogP contribution in [0.3, 0.4) is 0 Å². The molecule has 0 unspecified atom stereocenters. The van der Waals surface area contributed by atoms with Crippen LogP contribution in [0.1, 0.15) is 29.3 Å². The number of pyridine rings is 1. The monoisotopic (exact) mass is 390 g/mol. The van der Waals surface area contributed by atoms with Crippen molar-refractivity contribution in [2.45, 2.75) is 19.5 Å². The summed E-state index contributed by atoms with van der Waals surface area (Å²) in [6.07, 6.45) is 3.40.